The van der Waals surface area contributed by atoms with Gasteiger partial charge in [-0.2, -0.15) is 0 Å². The van der Waals surface area contributed by atoms with E-state index in [9.17, 15) is 4.79 Å². The summed E-state index contributed by atoms with van der Waals surface area (Å²) in [7, 11) is 2.13. The van der Waals surface area contributed by atoms with Gasteiger partial charge in [0.2, 0.25) is 0 Å². The zero-order valence-electron chi connectivity index (χ0n) is 19.8. The Morgan fingerprint density at radius 3 is 2.67 bits per heavy atom. The van der Waals surface area contributed by atoms with Crippen LogP contribution in [-0.2, 0) is 19.5 Å². The van der Waals surface area contributed by atoms with Crippen LogP contribution in [0.15, 0.2) is 35.4 Å². The molecule has 3 aromatic rings. The molecule has 2 aromatic heterocycles. The quantitative estimate of drug-likeness (QED) is 0.556. The number of rotatable bonds is 6. The Kier molecular flexibility index (Phi) is 6.40. The molecule has 0 bridgehead atoms. The van der Waals surface area contributed by atoms with Crippen LogP contribution in [0.1, 0.15) is 24.3 Å². The highest BCUT2D eigenvalue weighted by Crippen LogP contribution is 2.32. The maximum Gasteiger partial charge on any atom is 0.262 e. The third kappa shape index (κ3) is 4.65. The number of ether oxygens (including phenoxy) is 1. The molecule has 0 atom stereocenters. The van der Waals surface area contributed by atoms with Gasteiger partial charge in [0.25, 0.3) is 5.56 Å². The first-order chi connectivity index (χ1) is 16.0. The zero-order chi connectivity index (χ0) is 22.9. The topological polar surface area (TPSA) is 53.8 Å². The number of piperazine rings is 1. The molecule has 0 aliphatic carbocycles. The summed E-state index contributed by atoms with van der Waals surface area (Å²) in [5.74, 6) is 0.956. The fourth-order valence-electron chi connectivity index (χ4n) is 4.84. The van der Waals surface area contributed by atoms with E-state index in [2.05, 4.69) is 58.8 Å². The molecular weight excluding hydrogens is 434 g/mol. The molecule has 0 saturated carbocycles. The lowest BCUT2D eigenvalue weighted by Crippen LogP contribution is -2.47. The number of benzene rings is 1. The van der Waals surface area contributed by atoms with Crippen LogP contribution in [0.4, 0.5) is 5.69 Å². The summed E-state index contributed by atoms with van der Waals surface area (Å²) in [6, 6.07) is 8.31. The summed E-state index contributed by atoms with van der Waals surface area (Å²) in [5.41, 5.74) is 2.53. The van der Waals surface area contributed by atoms with Crippen LogP contribution in [0.25, 0.3) is 10.2 Å². The minimum absolute atomic E-state index is 0.125. The van der Waals surface area contributed by atoms with Gasteiger partial charge in [-0.25, -0.2) is 4.98 Å². The Balaban J connectivity index is 1.23. The number of likely N-dealkylation sites (N-methyl/N-ethyl adjacent to an activating group) is 1. The third-order valence-electron chi connectivity index (χ3n) is 6.62. The van der Waals surface area contributed by atoms with E-state index in [0.29, 0.717) is 6.54 Å². The summed E-state index contributed by atoms with van der Waals surface area (Å²) in [4.78, 5) is 27.3. The fraction of sp³-hybridized carbons (Fsp3) is 0.520. The number of hydrogen-bond donors (Lipinski definition) is 0. The first-order valence-corrected chi connectivity index (χ1v) is 12.7. The summed E-state index contributed by atoms with van der Waals surface area (Å²) < 4.78 is 7.83. The summed E-state index contributed by atoms with van der Waals surface area (Å²) in [6.07, 6.45) is 2.84. The molecule has 0 spiro atoms. The Morgan fingerprint density at radius 2 is 1.88 bits per heavy atom. The molecule has 1 fully saturated rings. The number of anilines is 1. The lowest BCUT2D eigenvalue weighted by atomic mass is 10.1. The van der Waals surface area contributed by atoms with E-state index in [4.69, 9.17) is 4.74 Å². The van der Waals surface area contributed by atoms with E-state index in [1.54, 1.807) is 17.7 Å². The van der Waals surface area contributed by atoms with Crippen molar-refractivity contribution in [2.75, 3.05) is 51.2 Å². The maximum atomic E-state index is 13.3. The molecule has 1 saturated heterocycles. The van der Waals surface area contributed by atoms with Gasteiger partial charge in [0.05, 0.1) is 23.5 Å². The fourth-order valence-corrected chi connectivity index (χ4v) is 6.10. The van der Waals surface area contributed by atoms with Gasteiger partial charge >= 0.3 is 0 Å². The smallest absolute Gasteiger partial charge is 0.262 e. The second kappa shape index (κ2) is 9.44. The zero-order valence-corrected chi connectivity index (χ0v) is 20.6. The van der Waals surface area contributed by atoms with Crippen LogP contribution >= 0.6 is 11.3 Å². The van der Waals surface area contributed by atoms with Gasteiger partial charge < -0.3 is 14.5 Å². The van der Waals surface area contributed by atoms with Crippen molar-refractivity contribution >= 4 is 27.2 Å². The Bertz CT molecular complexity index is 1180. The number of thiophene rings is 1. The van der Waals surface area contributed by atoms with Crippen molar-refractivity contribution in [2.45, 2.75) is 39.5 Å². The molecule has 2 aliphatic heterocycles. The van der Waals surface area contributed by atoms with Crippen LogP contribution in [0.2, 0.25) is 0 Å². The van der Waals surface area contributed by atoms with Crippen molar-refractivity contribution < 1.29 is 4.74 Å². The number of fused-ring (bicyclic) bond motifs is 3. The lowest BCUT2D eigenvalue weighted by Gasteiger charge is -2.37. The van der Waals surface area contributed by atoms with Gasteiger partial charge in [0.15, 0.2) is 0 Å². The van der Waals surface area contributed by atoms with E-state index in [1.807, 2.05) is 10.6 Å². The highest BCUT2D eigenvalue weighted by Gasteiger charge is 2.23. The predicted octanol–water partition coefficient (Wildman–Crippen LogP) is 3.06. The van der Waals surface area contributed by atoms with E-state index < -0.39 is 0 Å². The SMILES string of the molecule is CC(C)Oc1ccccc1N1CCN(CCn2cnc3sc4c(c3c2=O)CCN(C)C4)CC1. The molecule has 7 nitrogen and oxygen atoms in total. The largest absolute Gasteiger partial charge is 0.489 e. The lowest BCUT2D eigenvalue weighted by molar-refractivity contribution is 0.235. The average molecular weight is 468 g/mol. The van der Waals surface area contributed by atoms with Crippen LogP contribution in [0.5, 0.6) is 5.75 Å². The molecule has 0 amide bonds. The van der Waals surface area contributed by atoms with Crippen LogP contribution in [0, 0.1) is 0 Å². The Labute approximate surface area is 199 Å². The summed E-state index contributed by atoms with van der Waals surface area (Å²) >= 11 is 1.68. The molecule has 1 aromatic carbocycles. The molecule has 0 unspecified atom stereocenters. The normalized spacial score (nSPS) is 17.6. The second-order valence-corrected chi connectivity index (χ2v) is 10.5. The molecule has 176 valence electrons. The second-order valence-electron chi connectivity index (χ2n) is 9.38. The highest BCUT2D eigenvalue weighted by atomic mass is 32.1. The predicted molar refractivity (Wildman–Crippen MR) is 135 cm³/mol. The molecule has 4 heterocycles. The van der Waals surface area contributed by atoms with Crippen molar-refractivity contribution in [1.82, 2.24) is 19.4 Å². The van der Waals surface area contributed by atoms with Gasteiger partial charge in [-0.05, 0) is 45.0 Å². The molecular formula is C25H33N5O2S. The average Bonchev–Trinajstić information content (AvgIpc) is 3.17. The number of nitrogens with zero attached hydrogens (tertiary/aromatic N) is 5. The molecule has 5 rings (SSSR count). The molecule has 2 aliphatic rings. The highest BCUT2D eigenvalue weighted by molar-refractivity contribution is 7.18. The number of hydrogen-bond acceptors (Lipinski definition) is 7. The Morgan fingerprint density at radius 1 is 1.09 bits per heavy atom. The van der Waals surface area contributed by atoms with Crippen molar-refractivity contribution in [3.05, 3.63) is 51.4 Å². The van der Waals surface area contributed by atoms with Crippen molar-refractivity contribution in [1.29, 1.82) is 0 Å². The van der Waals surface area contributed by atoms with Crippen molar-refractivity contribution in [3.8, 4) is 5.75 Å². The van der Waals surface area contributed by atoms with Crippen LogP contribution < -0.4 is 15.2 Å². The van der Waals surface area contributed by atoms with Gasteiger partial charge in [0.1, 0.15) is 10.6 Å². The van der Waals surface area contributed by atoms with Crippen LogP contribution in [-0.4, -0.2) is 71.8 Å². The molecule has 33 heavy (non-hydrogen) atoms. The van der Waals surface area contributed by atoms with Crippen molar-refractivity contribution in [3.63, 3.8) is 0 Å². The van der Waals surface area contributed by atoms with E-state index in [-0.39, 0.29) is 11.7 Å². The minimum Gasteiger partial charge on any atom is -0.489 e. The van der Waals surface area contributed by atoms with E-state index in [0.717, 1.165) is 68.2 Å². The third-order valence-corrected chi connectivity index (χ3v) is 7.74. The Hall–Kier alpha value is -2.42. The maximum absolute atomic E-state index is 13.3. The molecule has 8 heteroatoms. The first-order valence-electron chi connectivity index (χ1n) is 11.9. The van der Waals surface area contributed by atoms with Gasteiger partial charge in [-0.3, -0.25) is 14.3 Å². The van der Waals surface area contributed by atoms with E-state index >= 15 is 0 Å². The summed E-state index contributed by atoms with van der Waals surface area (Å²) in [5, 5.41) is 0.858. The van der Waals surface area contributed by atoms with Gasteiger partial charge in [0, 0.05) is 57.2 Å². The van der Waals surface area contributed by atoms with E-state index in [1.165, 1.54) is 16.1 Å². The standard InChI is InChI=1S/C25H33N5O2S/c1-18(2)32-21-7-5-4-6-20(21)29-13-10-28(11-14-29)12-15-30-17-26-24-23(25(30)31)19-8-9-27(3)16-22(19)33-24/h4-7,17-18H,8-16H2,1-3H3. The minimum atomic E-state index is 0.125. The summed E-state index contributed by atoms with van der Waals surface area (Å²) in [6.45, 7) is 11.4. The first kappa shape index (κ1) is 22.4. The van der Waals surface area contributed by atoms with Crippen molar-refractivity contribution in [2.24, 2.45) is 0 Å². The number of aromatic nitrogens is 2. The van der Waals surface area contributed by atoms with Gasteiger partial charge in [-0.15, -0.1) is 11.3 Å². The molecule has 0 radical (unpaired) electrons. The monoisotopic (exact) mass is 467 g/mol. The van der Waals surface area contributed by atoms with Crippen LogP contribution in [0.3, 0.4) is 0 Å². The van der Waals surface area contributed by atoms with Gasteiger partial charge in [-0.1, -0.05) is 12.1 Å². The number of para-hydroxylation sites is 2. The molecule has 0 N–H and O–H groups in total.